The van der Waals surface area contributed by atoms with Crippen molar-refractivity contribution in [3.8, 4) is 22.0 Å². The maximum Gasteiger partial charge on any atom is 0.145 e. The second-order valence-electron chi connectivity index (χ2n) is 8.36. The molecule has 1 N–H and O–H groups in total. The van der Waals surface area contributed by atoms with E-state index in [9.17, 15) is 9.50 Å². The number of fused-ring (bicyclic) bond motifs is 2. The van der Waals surface area contributed by atoms with E-state index in [1.54, 1.807) is 13.3 Å². The normalized spacial score (nSPS) is 15.4. The molecule has 32 heavy (non-hydrogen) atoms. The number of ether oxygens (including phenoxy) is 1. The number of benzene rings is 1. The van der Waals surface area contributed by atoms with Crippen LogP contribution >= 0.6 is 11.3 Å². The molecule has 8 heteroatoms. The quantitative estimate of drug-likeness (QED) is 0.412. The minimum Gasteiger partial charge on any atom is -0.497 e. The van der Waals surface area contributed by atoms with E-state index < -0.39 is 5.60 Å². The van der Waals surface area contributed by atoms with Gasteiger partial charge >= 0.3 is 0 Å². The SMILES string of the molecule is COc1ccc2c(c1)c(-c1cc3cc(F)cnc3n1-c1cnc(C3(O)CCC3)s1)cn2C. The van der Waals surface area contributed by atoms with Crippen molar-refractivity contribution in [1.82, 2.24) is 19.1 Å². The average molecular weight is 449 g/mol. The molecule has 6 rings (SSSR count). The van der Waals surface area contributed by atoms with Gasteiger partial charge in [0.25, 0.3) is 0 Å². The van der Waals surface area contributed by atoms with Crippen LogP contribution in [-0.4, -0.2) is 31.3 Å². The maximum absolute atomic E-state index is 14.0. The van der Waals surface area contributed by atoms with Gasteiger partial charge in [0.2, 0.25) is 0 Å². The van der Waals surface area contributed by atoms with Crippen molar-refractivity contribution in [2.24, 2.45) is 7.05 Å². The van der Waals surface area contributed by atoms with Crippen LogP contribution < -0.4 is 4.74 Å². The van der Waals surface area contributed by atoms with Gasteiger partial charge in [-0.05, 0) is 49.6 Å². The Morgan fingerprint density at radius 2 is 2.00 bits per heavy atom. The topological polar surface area (TPSA) is 65.1 Å². The summed E-state index contributed by atoms with van der Waals surface area (Å²) in [5.74, 6) is 0.388. The lowest BCUT2D eigenvalue weighted by Crippen LogP contribution is -2.33. The van der Waals surface area contributed by atoms with Gasteiger partial charge in [0.15, 0.2) is 0 Å². The molecule has 4 heterocycles. The van der Waals surface area contributed by atoms with Gasteiger partial charge in [0, 0.05) is 35.1 Å². The van der Waals surface area contributed by atoms with E-state index in [-0.39, 0.29) is 5.82 Å². The molecule has 0 spiro atoms. The first-order chi connectivity index (χ1) is 15.5. The second kappa shape index (κ2) is 6.88. The van der Waals surface area contributed by atoms with E-state index in [4.69, 9.17) is 4.74 Å². The number of hydrogen-bond acceptors (Lipinski definition) is 5. The summed E-state index contributed by atoms with van der Waals surface area (Å²) in [5.41, 5.74) is 2.74. The third-order valence-corrected chi connectivity index (χ3v) is 7.55. The van der Waals surface area contributed by atoms with Crippen molar-refractivity contribution in [1.29, 1.82) is 0 Å². The van der Waals surface area contributed by atoms with Crippen molar-refractivity contribution in [3.63, 3.8) is 0 Å². The number of aryl methyl sites for hydroxylation is 1. The molecule has 1 fully saturated rings. The second-order valence-corrected chi connectivity index (χ2v) is 9.37. The van der Waals surface area contributed by atoms with Crippen molar-refractivity contribution < 1.29 is 14.2 Å². The summed E-state index contributed by atoms with van der Waals surface area (Å²) in [6.07, 6.45) is 7.53. The Morgan fingerprint density at radius 1 is 1.16 bits per heavy atom. The van der Waals surface area contributed by atoms with E-state index in [2.05, 4.69) is 20.7 Å². The molecule has 1 aliphatic carbocycles. The molecule has 0 amide bonds. The smallest absolute Gasteiger partial charge is 0.145 e. The van der Waals surface area contributed by atoms with Crippen LogP contribution in [0.1, 0.15) is 24.3 Å². The summed E-state index contributed by atoms with van der Waals surface area (Å²) >= 11 is 1.46. The fourth-order valence-corrected chi connectivity index (χ4v) is 5.58. The first kappa shape index (κ1) is 19.5. The third-order valence-electron chi connectivity index (χ3n) is 6.37. The number of methoxy groups -OCH3 is 1. The van der Waals surface area contributed by atoms with E-state index in [0.717, 1.165) is 52.2 Å². The molecule has 0 atom stereocenters. The zero-order valence-corrected chi connectivity index (χ0v) is 18.5. The van der Waals surface area contributed by atoms with Gasteiger partial charge in [-0.15, -0.1) is 0 Å². The Kier molecular flexibility index (Phi) is 4.18. The first-order valence-electron chi connectivity index (χ1n) is 10.5. The number of hydrogen-bond donors (Lipinski definition) is 1. The Bertz CT molecular complexity index is 1500. The van der Waals surface area contributed by atoms with Gasteiger partial charge in [0.05, 0.1) is 25.2 Å². The van der Waals surface area contributed by atoms with Crippen molar-refractivity contribution >= 4 is 33.3 Å². The summed E-state index contributed by atoms with van der Waals surface area (Å²) < 4.78 is 23.5. The Balaban J connectivity index is 1.63. The Hall–Kier alpha value is -3.23. The minimum absolute atomic E-state index is 0.380. The zero-order valence-electron chi connectivity index (χ0n) is 17.7. The average Bonchev–Trinajstić information content (AvgIpc) is 3.47. The number of aromatic nitrogens is 4. The van der Waals surface area contributed by atoms with Crippen LogP contribution in [0, 0.1) is 5.82 Å². The highest BCUT2D eigenvalue weighted by molar-refractivity contribution is 7.14. The van der Waals surface area contributed by atoms with Gasteiger partial charge in [0.1, 0.15) is 32.8 Å². The molecular formula is C24H21FN4O2S. The van der Waals surface area contributed by atoms with E-state index >= 15 is 0 Å². The molecule has 4 aromatic heterocycles. The van der Waals surface area contributed by atoms with Crippen LogP contribution in [0.5, 0.6) is 5.75 Å². The minimum atomic E-state index is -0.835. The van der Waals surface area contributed by atoms with E-state index in [1.165, 1.54) is 23.6 Å². The van der Waals surface area contributed by atoms with Crippen molar-refractivity contribution in [2.75, 3.05) is 7.11 Å². The molecule has 0 bridgehead atoms. The largest absolute Gasteiger partial charge is 0.497 e. The lowest BCUT2D eigenvalue weighted by molar-refractivity contribution is -0.0389. The molecule has 0 radical (unpaired) electrons. The van der Waals surface area contributed by atoms with Crippen molar-refractivity contribution in [2.45, 2.75) is 24.9 Å². The Labute approximate surface area is 187 Å². The van der Waals surface area contributed by atoms with E-state index in [1.807, 2.05) is 35.9 Å². The number of aliphatic hydroxyl groups is 1. The molecular weight excluding hydrogens is 427 g/mol. The highest BCUT2D eigenvalue weighted by Gasteiger charge is 2.39. The van der Waals surface area contributed by atoms with Crippen LogP contribution in [0.15, 0.2) is 48.9 Å². The zero-order chi connectivity index (χ0) is 22.0. The number of pyridine rings is 1. The van der Waals surface area contributed by atoms with Gasteiger partial charge < -0.3 is 14.4 Å². The summed E-state index contributed by atoms with van der Waals surface area (Å²) in [7, 11) is 3.65. The monoisotopic (exact) mass is 448 g/mol. The molecule has 1 aromatic carbocycles. The van der Waals surface area contributed by atoms with Gasteiger partial charge in [-0.1, -0.05) is 11.3 Å². The molecule has 1 saturated carbocycles. The summed E-state index contributed by atoms with van der Waals surface area (Å²) in [6.45, 7) is 0. The first-order valence-corrected chi connectivity index (χ1v) is 11.3. The van der Waals surface area contributed by atoms with Gasteiger partial charge in [-0.25, -0.2) is 14.4 Å². The summed E-state index contributed by atoms with van der Waals surface area (Å²) in [4.78, 5) is 8.94. The van der Waals surface area contributed by atoms with Crippen molar-refractivity contribution in [3.05, 3.63) is 59.7 Å². The predicted molar refractivity (Wildman–Crippen MR) is 123 cm³/mol. The molecule has 5 aromatic rings. The fraction of sp³-hybridized carbons (Fsp3) is 0.250. The molecule has 6 nitrogen and oxygen atoms in total. The number of rotatable bonds is 4. The standard InChI is InChI=1S/C24H21FN4O2S/c1-28-13-18(17-10-16(31-2)4-5-19(17)28)20-9-14-8-15(25)11-26-22(14)29(20)21-12-27-23(32-21)24(30)6-3-7-24/h4-5,8-13,30H,3,6-7H2,1-2H3. The number of halogens is 1. The molecule has 162 valence electrons. The summed E-state index contributed by atoms with van der Waals surface area (Å²) in [6, 6.07) is 9.43. The van der Waals surface area contributed by atoms with Crippen LogP contribution in [0.3, 0.4) is 0 Å². The lowest BCUT2D eigenvalue weighted by Gasteiger charge is -2.34. The fourth-order valence-electron chi connectivity index (χ4n) is 4.50. The van der Waals surface area contributed by atoms with Crippen LogP contribution in [-0.2, 0) is 12.6 Å². The molecule has 0 saturated heterocycles. The number of thiazole rings is 1. The van der Waals surface area contributed by atoms with E-state index in [0.29, 0.717) is 16.0 Å². The Morgan fingerprint density at radius 3 is 2.75 bits per heavy atom. The number of nitrogens with zero attached hydrogens (tertiary/aromatic N) is 4. The molecule has 0 aliphatic heterocycles. The molecule has 1 aliphatic rings. The highest BCUT2D eigenvalue weighted by atomic mass is 32.1. The van der Waals surface area contributed by atoms with Crippen LogP contribution in [0.2, 0.25) is 0 Å². The van der Waals surface area contributed by atoms with Crippen LogP contribution in [0.25, 0.3) is 38.2 Å². The maximum atomic E-state index is 14.0. The van der Waals surface area contributed by atoms with Crippen LogP contribution in [0.4, 0.5) is 4.39 Å². The van der Waals surface area contributed by atoms with Gasteiger partial charge in [-0.3, -0.25) is 4.57 Å². The molecule has 0 unspecified atom stereocenters. The third kappa shape index (κ3) is 2.79. The lowest BCUT2D eigenvalue weighted by atomic mass is 9.81. The predicted octanol–water partition coefficient (Wildman–Crippen LogP) is 5.16. The summed E-state index contributed by atoms with van der Waals surface area (Å²) in [5, 5.41) is 14.1. The highest BCUT2D eigenvalue weighted by Crippen LogP contribution is 2.44. The van der Waals surface area contributed by atoms with Gasteiger partial charge in [-0.2, -0.15) is 0 Å².